The fraction of sp³-hybridized carbons (Fsp3) is 1.00. The summed E-state index contributed by atoms with van der Waals surface area (Å²) in [5.41, 5.74) is 0. The Morgan fingerprint density at radius 1 is 1.50 bits per heavy atom. The van der Waals surface area contributed by atoms with Gasteiger partial charge in [0.2, 0.25) is 0 Å². The average Bonchev–Trinajstić information content (AvgIpc) is 2.14. The Labute approximate surface area is 86.6 Å². The summed E-state index contributed by atoms with van der Waals surface area (Å²) in [4.78, 5) is 2.28. The number of rotatable bonds is 4. The Hall–Kier alpha value is -0.130. The van der Waals surface area contributed by atoms with Gasteiger partial charge in [-0.3, -0.25) is 4.90 Å². The van der Waals surface area contributed by atoms with Crippen LogP contribution in [0.3, 0.4) is 0 Å². The first-order valence-electron chi connectivity index (χ1n) is 5.15. The van der Waals surface area contributed by atoms with Gasteiger partial charge in [0, 0.05) is 38.5 Å². The van der Waals surface area contributed by atoms with Crippen molar-refractivity contribution in [2.45, 2.75) is 19.4 Å². The third-order valence-electron chi connectivity index (χ3n) is 2.69. The second-order valence-electron chi connectivity index (χ2n) is 3.93. The molecule has 1 N–H and O–H groups in total. The number of hydrogen-bond donors (Lipinski definition) is 1. The van der Waals surface area contributed by atoms with Gasteiger partial charge >= 0.3 is 0 Å². The highest BCUT2D eigenvalue weighted by Crippen LogP contribution is 2.06. The van der Waals surface area contributed by atoms with Gasteiger partial charge in [0.1, 0.15) is 9.84 Å². The van der Waals surface area contributed by atoms with Gasteiger partial charge in [0.15, 0.2) is 0 Å². The summed E-state index contributed by atoms with van der Waals surface area (Å²) in [5.74, 6) is 0.281. The first-order chi connectivity index (χ1) is 6.53. The molecule has 0 aromatic heterocycles. The van der Waals surface area contributed by atoms with Crippen LogP contribution in [0.25, 0.3) is 0 Å². The lowest BCUT2D eigenvalue weighted by molar-refractivity contribution is 0.166. The molecule has 0 radical (unpaired) electrons. The van der Waals surface area contributed by atoms with Crippen LogP contribution in [0, 0.1) is 0 Å². The fourth-order valence-electron chi connectivity index (χ4n) is 1.78. The van der Waals surface area contributed by atoms with Crippen molar-refractivity contribution in [2.75, 3.05) is 38.2 Å². The summed E-state index contributed by atoms with van der Waals surface area (Å²) < 4.78 is 22.1. The number of hydrogen-bond acceptors (Lipinski definition) is 4. The maximum atomic E-state index is 11.0. The Morgan fingerprint density at radius 2 is 2.21 bits per heavy atom. The number of sulfone groups is 1. The predicted molar refractivity (Wildman–Crippen MR) is 58.2 cm³/mol. The summed E-state index contributed by atoms with van der Waals surface area (Å²) in [6, 6.07) is 0.505. The Kier molecular flexibility index (Phi) is 4.34. The molecule has 1 aliphatic rings. The highest BCUT2D eigenvalue weighted by atomic mass is 32.2. The molecule has 4 nitrogen and oxygen atoms in total. The summed E-state index contributed by atoms with van der Waals surface area (Å²) in [5, 5.41) is 3.32. The molecule has 14 heavy (non-hydrogen) atoms. The van der Waals surface area contributed by atoms with Crippen LogP contribution in [0.1, 0.15) is 13.3 Å². The standard InChI is InChI=1S/C9H20N2O2S/c1-3-9-8-10-4-5-11(9)6-7-14(2,12)13/h9-10H,3-8H2,1-2H3. The van der Waals surface area contributed by atoms with Crippen molar-refractivity contribution >= 4 is 9.84 Å². The molecule has 1 saturated heterocycles. The zero-order valence-corrected chi connectivity index (χ0v) is 9.81. The Bertz CT molecular complexity index is 264. The van der Waals surface area contributed by atoms with Crippen molar-refractivity contribution in [1.29, 1.82) is 0 Å². The Morgan fingerprint density at radius 3 is 2.79 bits per heavy atom. The van der Waals surface area contributed by atoms with Crippen molar-refractivity contribution in [3.05, 3.63) is 0 Å². The molecule has 0 spiro atoms. The normalized spacial score (nSPS) is 25.1. The first-order valence-corrected chi connectivity index (χ1v) is 7.21. The van der Waals surface area contributed by atoms with Crippen LogP contribution in [0.4, 0.5) is 0 Å². The molecular formula is C9H20N2O2S. The molecule has 0 bridgehead atoms. The largest absolute Gasteiger partial charge is 0.314 e. The van der Waals surface area contributed by atoms with E-state index in [-0.39, 0.29) is 5.75 Å². The molecule has 0 amide bonds. The zero-order chi connectivity index (χ0) is 10.6. The van der Waals surface area contributed by atoms with Gasteiger partial charge in [-0.1, -0.05) is 6.92 Å². The molecule has 1 atom stereocenters. The average molecular weight is 220 g/mol. The smallest absolute Gasteiger partial charge is 0.148 e. The van der Waals surface area contributed by atoms with E-state index in [1.54, 1.807) is 0 Å². The molecule has 5 heteroatoms. The molecule has 1 rings (SSSR count). The third-order valence-corrected chi connectivity index (χ3v) is 3.62. The van der Waals surface area contributed by atoms with Gasteiger partial charge in [-0.05, 0) is 6.42 Å². The topological polar surface area (TPSA) is 49.4 Å². The van der Waals surface area contributed by atoms with Gasteiger partial charge in [-0.25, -0.2) is 8.42 Å². The number of piperazine rings is 1. The SMILES string of the molecule is CCC1CNCCN1CCS(C)(=O)=O. The van der Waals surface area contributed by atoms with E-state index >= 15 is 0 Å². The van der Waals surface area contributed by atoms with Gasteiger partial charge in [0.25, 0.3) is 0 Å². The molecule has 0 aromatic carbocycles. The summed E-state index contributed by atoms with van der Waals surface area (Å²) in [6.07, 6.45) is 2.38. The van der Waals surface area contributed by atoms with E-state index in [0.29, 0.717) is 12.6 Å². The highest BCUT2D eigenvalue weighted by molar-refractivity contribution is 7.90. The van der Waals surface area contributed by atoms with Crippen LogP contribution >= 0.6 is 0 Å². The van der Waals surface area contributed by atoms with Crippen LogP contribution in [0.5, 0.6) is 0 Å². The Balaban J connectivity index is 2.41. The van der Waals surface area contributed by atoms with Crippen molar-refractivity contribution in [2.24, 2.45) is 0 Å². The quantitative estimate of drug-likeness (QED) is 0.707. The van der Waals surface area contributed by atoms with E-state index in [0.717, 1.165) is 26.1 Å². The summed E-state index contributed by atoms with van der Waals surface area (Å²) >= 11 is 0. The maximum absolute atomic E-state index is 11.0. The van der Waals surface area contributed by atoms with E-state index < -0.39 is 9.84 Å². The second-order valence-corrected chi connectivity index (χ2v) is 6.19. The molecule has 0 saturated carbocycles. The first kappa shape index (κ1) is 11.9. The number of nitrogens with one attached hydrogen (secondary N) is 1. The molecule has 1 fully saturated rings. The van der Waals surface area contributed by atoms with Crippen LogP contribution in [-0.4, -0.2) is 57.5 Å². The minimum absolute atomic E-state index is 0.281. The monoisotopic (exact) mass is 220 g/mol. The molecule has 1 unspecified atom stereocenters. The lowest BCUT2D eigenvalue weighted by Gasteiger charge is -2.35. The lowest BCUT2D eigenvalue weighted by atomic mass is 10.1. The molecule has 0 aliphatic carbocycles. The summed E-state index contributed by atoms with van der Waals surface area (Å²) in [7, 11) is -2.82. The highest BCUT2D eigenvalue weighted by Gasteiger charge is 2.20. The zero-order valence-electron chi connectivity index (χ0n) is 8.99. The molecule has 0 aromatic rings. The third kappa shape index (κ3) is 3.94. The van der Waals surface area contributed by atoms with Gasteiger partial charge in [0.05, 0.1) is 5.75 Å². The van der Waals surface area contributed by atoms with E-state index in [1.807, 2.05) is 0 Å². The minimum atomic E-state index is -2.82. The second kappa shape index (κ2) is 5.09. The van der Waals surface area contributed by atoms with E-state index in [4.69, 9.17) is 0 Å². The van der Waals surface area contributed by atoms with Gasteiger partial charge in [-0.2, -0.15) is 0 Å². The van der Waals surface area contributed by atoms with E-state index in [9.17, 15) is 8.42 Å². The van der Waals surface area contributed by atoms with Crippen LogP contribution in [0.15, 0.2) is 0 Å². The van der Waals surface area contributed by atoms with Gasteiger partial charge in [-0.15, -0.1) is 0 Å². The van der Waals surface area contributed by atoms with Crippen LogP contribution in [-0.2, 0) is 9.84 Å². The predicted octanol–water partition coefficient (Wildman–Crippen LogP) is -0.285. The van der Waals surface area contributed by atoms with Gasteiger partial charge < -0.3 is 5.32 Å². The minimum Gasteiger partial charge on any atom is -0.314 e. The summed E-state index contributed by atoms with van der Waals surface area (Å²) in [6.45, 7) is 5.75. The molecule has 1 aliphatic heterocycles. The molecule has 84 valence electrons. The molecular weight excluding hydrogens is 200 g/mol. The van der Waals surface area contributed by atoms with Crippen molar-refractivity contribution in [3.63, 3.8) is 0 Å². The van der Waals surface area contributed by atoms with Crippen LogP contribution < -0.4 is 5.32 Å². The maximum Gasteiger partial charge on any atom is 0.148 e. The molecule has 1 heterocycles. The lowest BCUT2D eigenvalue weighted by Crippen LogP contribution is -2.52. The van der Waals surface area contributed by atoms with Crippen LogP contribution in [0.2, 0.25) is 0 Å². The van der Waals surface area contributed by atoms with Crippen molar-refractivity contribution < 1.29 is 8.42 Å². The van der Waals surface area contributed by atoms with E-state index in [1.165, 1.54) is 6.26 Å². The van der Waals surface area contributed by atoms with Crippen molar-refractivity contribution in [1.82, 2.24) is 10.2 Å². The fourth-order valence-corrected chi connectivity index (χ4v) is 2.35. The number of nitrogens with zero attached hydrogens (tertiary/aromatic N) is 1. The van der Waals surface area contributed by atoms with Crippen molar-refractivity contribution in [3.8, 4) is 0 Å². The van der Waals surface area contributed by atoms with E-state index in [2.05, 4.69) is 17.1 Å².